The minimum atomic E-state index is -0.568. The summed E-state index contributed by atoms with van der Waals surface area (Å²) in [6, 6.07) is 40.3. The van der Waals surface area contributed by atoms with E-state index >= 15 is 0 Å². The second-order valence-electron chi connectivity index (χ2n) is 30.7. The number of rotatable bonds is 35. The number of likely N-dealkylation sites (N-methyl/N-ethyl adjacent to an activating group) is 4. The van der Waals surface area contributed by atoms with Gasteiger partial charge in [0.1, 0.15) is 0 Å². The van der Waals surface area contributed by atoms with Crippen LogP contribution in [0.5, 0.6) is 23.0 Å². The van der Waals surface area contributed by atoms with Crippen LogP contribution in [-0.2, 0) is 70.5 Å². The highest BCUT2D eigenvalue weighted by molar-refractivity contribution is 5.91. The van der Waals surface area contributed by atoms with E-state index < -0.39 is 16.2 Å². The molecule has 10 rings (SSSR count). The van der Waals surface area contributed by atoms with Crippen molar-refractivity contribution in [2.45, 2.75) is 170 Å². The Morgan fingerprint density at radius 2 is 0.813 bits per heavy atom. The van der Waals surface area contributed by atoms with E-state index in [4.69, 9.17) is 24.0 Å². The van der Waals surface area contributed by atoms with Crippen LogP contribution in [0, 0.1) is 63.1 Å². The van der Waals surface area contributed by atoms with Crippen LogP contribution in [0.3, 0.4) is 0 Å². The lowest BCUT2D eigenvalue weighted by Crippen LogP contribution is -2.35. The molecule has 574 valence electrons. The molecule has 4 heterocycles. The fraction of sp³-hybridized carbons (Fsp3) is 0.539. The molecule has 1 aliphatic heterocycles. The Kier molecular flexibility index (Phi) is 29.9. The number of hydrazone groups is 1. The molecule has 5 unspecified atom stereocenters. The number of ether oxygens (including phenoxy) is 4. The maximum Gasteiger partial charge on any atom is 0.161 e. The van der Waals surface area contributed by atoms with Gasteiger partial charge < -0.3 is 33.6 Å². The quantitative estimate of drug-likeness (QED) is 0.0365. The highest BCUT2D eigenvalue weighted by atomic mass is 16.5. The first-order chi connectivity index (χ1) is 51.3. The van der Waals surface area contributed by atoms with Crippen molar-refractivity contribution < 1.29 is 18.9 Å². The minimum absolute atomic E-state index is 0.176. The van der Waals surface area contributed by atoms with Crippen molar-refractivity contribution in [1.82, 2.24) is 49.1 Å². The zero-order valence-corrected chi connectivity index (χ0v) is 68.6. The Balaban J connectivity index is 0.000000203. The fourth-order valence-electron chi connectivity index (χ4n) is 16.1. The molecule has 0 spiro atoms. The summed E-state index contributed by atoms with van der Waals surface area (Å²) in [5.74, 6) is 3.83. The van der Waals surface area contributed by atoms with Gasteiger partial charge in [-0.05, 0) is 218 Å². The molecule has 0 saturated heterocycles. The number of fused-ring (bicyclic) bond motifs is 4. The summed E-state index contributed by atoms with van der Waals surface area (Å²) < 4.78 is 27.6. The average molecular weight is 1450 g/mol. The molecule has 1 aliphatic carbocycles. The molecule has 3 aromatic heterocycles. The van der Waals surface area contributed by atoms with Crippen LogP contribution in [-0.4, -0.2) is 157 Å². The second-order valence-corrected chi connectivity index (χ2v) is 30.7. The van der Waals surface area contributed by atoms with E-state index in [9.17, 15) is 15.8 Å². The number of allylic oxidation sites excluding steroid dienone is 2. The van der Waals surface area contributed by atoms with E-state index in [-0.39, 0.29) is 23.8 Å². The summed E-state index contributed by atoms with van der Waals surface area (Å²) in [4.78, 5) is 7.11. The summed E-state index contributed by atoms with van der Waals surface area (Å²) >= 11 is 0. The lowest BCUT2D eigenvalue weighted by Gasteiger charge is -2.36. The lowest BCUT2D eigenvalue weighted by atomic mass is 9.67. The van der Waals surface area contributed by atoms with Crippen molar-refractivity contribution in [3.63, 3.8) is 0 Å². The van der Waals surface area contributed by atoms with Gasteiger partial charge in [0.05, 0.1) is 103 Å². The van der Waals surface area contributed by atoms with Crippen LogP contribution in [0.4, 0.5) is 0 Å². The Bertz CT molecular complexity index is 4500. The number of aryl methyl sites for hydroxylation is 6. The van der Waals surface area contributed by atoms with Crippen molar-refractivity contribution in [3.05, 3.63) is 160 Å². The first-order valence-corrected chi connectivity index (χ1v) is 39.1. The minimum Gasteiger partial charge on any atom is -0.493 e. The van der Waals surface area contributed by atoms with Crippen molar-refractivity contribution in [3.8, 4) is 41.2 Å². The van der Waals surface area contributed by atoms with E-state index in [1.165, 1.54) is 55.3 Å². The first kappa shape index (κ1) is 83.6. The Labute approximate surface area is 640 Å². The van der Waals surface area contributed by atoms with Gasteiger partial charge in [-0.2, -0.15) is 36.2 Å². The van der Waals surface area contributed by atoms with Gasteiger partial charge in [-0.15, -0.1) is 0 Å². The Morgan fingerprint density at radius 1 is 0.449 bits per heavy atom. The molecule has 5 atom stereocenters. The summed E-state index contributed by atoms with van der Waals surface area (Å²) in [6.45, 7) is 27.4. The number of nitriles is 3. The Morgan fingerprint density at radius 3 is 1.21 bits per heavy atom. The zero-order chi connectivity index (χ0) is 77.9. The molecule has 0 fully saturated rings. The molecule has 18 nitrogen and oxygen atoms in total. The number of hydrogen-bond acceptors (Lipinski definition) is 15. The van der Waals surface area contributed by atoms with Crippen LogP contribution in [0.15, 0.2) is 120 Å². The number of aromatic nitrogens is 6. The third-order valence-corrected chi connectivity index (χ3v) is 23.2. The molecule has 8 aromatic rings. The highest BCUT2D eigenvalue weighted by Crippen LogP contribution is 2.46. The number of benzene rings is 5. The van der Waals surface area contributed by atoms with Gasteiger partial charge in [0, 0.05) is 75.6 Å². The van der Waals surface area contributed by atoms with Crippen LogP contribution in [0.2, 0.25) is 0 Å². The number of methoxy groups -OCH3 is 4. The smallest absolute Gasteiger partial charge is 0.161 e. The van der Waals surface area contributed by atoms with Gasteiger partial charge in [0.25, 0.3) is 0 Å². The van der Waals surface area contributed by atoms with Crippen molar-refractivity contribution in [1.29, 1.82) is 15.8 Å². The Hall–Kier alpha value is -8.99. The van der Waals surface area contributed by atoms with E-state index in [0.717, 1.165) is 168 Å². The van der Waals surface area contributed by atoms with E-state index in [1.54, 1.807) is 28.4 Å². The topological polar surface area (TPSA) is 187 Å². The molecule has 0 saturated carbocycles. The first-order valence-electron chi connectivity index (χ1n) is 39.1. The molecular formula is C89H124N14O4. The van der Waals surface area contributed by atoms with Gasteiger partial charge in [-0.25, -0.2) is 0 Å². The van der Waals surface area contributed by atoms with Gasteiger partial charge in [0.15, 0.2) is 23.0 Å². The third-order valence-electron chi connectivity index (χ3n) is 23.2. The SMILES string of the molecule is CCC1=NN(C)C2C=C(C(C#N)(CCCN(C)CCc3ccc(OC)c(OC)c3)C(C)C)C=CC12.CCc1nn(C)c2cc(CCN(C)CCCC(C#N)(c3ccc(OC)c(OC)c3)C(C)C)ccc12.CCc1nn(C)c2cc(CCN(C)CCCC(C#N)(c3ccc4c(CC)nn(C)c4c3)C(C)C)ccc12. The van der Waals surface area contributed by atoms with Gasteiger partial charge in [0.2, 0.25) is 0 Å². The predicted octanol–water partition coefficient (Wildman–Crippen LogP) is 16.8. The molecule has 5 aromatic carbocycles. The summed E-state index contributed by atoms with van der Waals surface area (Å²) in [5, 5.41) is 55.6. The molecule has 107 heavy (non-hydrogen) atoms. The van der Waals surface area contributed by atoms with Crippen molar-refractivity contribution >= 4 is 38.4 Å². The lowest BCUT2D eigenvalue weighted by molar-refractivity contribution is 0.261. The molecule has 18 heteroatoms. The molecule has 2 aliphatic rings. The molecule has 0 N–H and O–H groups in total. The van der Waals surface area contributed by atoms with E-state index in [1.807, 2.05) is 66.5 Å². The van der Waals surface area contributed by atoms with Crippen molar-refractivity contribution in [2.75, 3.05) is 95.9 Å². The molecular weight excluding hydrogens is 1330 g/mol. The predicted molar refractivity (Wildman–Crippen MR) is 438 cm³/mol. The molecule has 0 bridgehead atoms. The third kappa shape index (κ3) is 19.1. The average Bonchev–Trinajstić information content (AvgIpc) is 1.70. The van der Waals surface area contributed by atoms with Crippen LogP contribution < -0.4 is 18.9 Å². The van der Waals surface area contributed by atoms with E-state index in [0.29, 0.717) is 17.4 Å². The van der Waals surface area contributed by atoms with Gasteiger partial charge >= 0.3 is 0 Å². The van der Waals surface area contributed by atoms with Crippen molar-refractivity contribution in [2.24, 2.45) is 55.3 Å². The highest BCUT2D eigenvalue weighted by Gasteiger charge is 2.42. The monoisotopic (exact) mass is 1450 g/mol. The fourth-order valence-corrected chi connectivity index (χ4v) is 16.1. The summed E-state index contributed by atoms with van der Waals surface area (Å²) in [7, 11) is 21.2. The van der Waals surface area contributed by atoms with Gasteiger partial charge in [-0.1, -0.05) is 136 Å². The zero-order valence-electron chi connectivity index (χ0n) is 68.6. The number of nitrogens with zero attached hydrogens (tertiary/aromatic N) is 14. The van der Waals surface area contributed by atoms with Gasteiger partial charge in [-0.3, -0.25) is 19.1 Å². The van der Waals surface area contributed by atoms with Crippen LogP contribution in [0.1, 0.15) is 159 Å². The number of hydrogen-bond donors (Lipinski definition) is 0. The summed E-state index contributed by atoms with van der Waals surface area (Å²) in [5.41, 5.74) is 13.8. The molecule has 0 amide bonds. The second kappa shape index (κ2) is 38.2. The maximum absolute atomic E-state index is 10.4. The van der Waals surface area contributed by atoms with E-state index in [2.05, 4.69) is 229 Å². The largest absolute Gasteiger partial charge is 0.493 e. The maximum atomic E-state index is 10.4. The molecule has 0 radical (unpaired) electrons. The van der Waals surface area contributed by atoms with Crippen LogP contribution >= 0.6 is 0 Å². The van der Waals surface area contributed by atoms with Crippen LogP contribution in [0.25, 0.3) is 32.7 Å². The normalized spacial score (nSPS) is 15.9. The summed E-state index contributed by atoms with van der Waals surface area (Å²) in [6.07, 6.45) is 18.9. The standard InChI is InChI=1S/C31H42N6.C29H42N4O2.C29H40N4O2/c1-8-27-25-13-11-23(19-29(25)36(6)33-27)15-18-35(5)17-10-16-31(21-32,22(3)4)24-12-14-26-28(9-2)34-37(7)30(26)20-24;1-8-25-24-12-11-23(19-26(24)33(5)31-25)29(20-30,21(2)3)15-9-16-32(4)17-14-22-10-13-27(34-6)28(18-22)35-7;1-8-25-24-12-10-22(18-26(24)33(5)31-25)14-17-32(4)16-9-15-29(20-30,21(2)3)23-11-13-27(34-6)28(19-23)35-7/h11-14,19-20,22H,8-10,15-18H2,1-7H3;10-13,18-19,21,24,26H,8-9,14-17H2,1-7H3;10-13,18-19,21H,8-9,14-17H2,1-7H3.